The van der Waals surface area contributed by atoms with E-state index in [-0.39, 0.29) is 0 Å². The Balaban J connectivity index is 1.39. The number of nitrogens with two attached hydrogens (primary N) is 1. The van der Waals surface area contributed by atoms with Gasteiger partial charge < -0.3 is 15.0 Å². The Kier molecular flexibility index (Phi) is 7.69. The summed E-state index contributed by atoms with van der Waals surface area (Å²) in [6.07, 6.45) is 8.14. The molecule has 3 rings (SSSR count). The molecule has 0 bridgehead atoms. The van der Waals surface area contributed by atoms with Crippen LogP contribution in [-0.2, 0) is 12.3 Å². The van der Waals surface area contributed by atoms with Gasteiger partial charge in [0.15, 0.2) is 5.17 Å². The van der Waals surface area contributed by atoms with Crippen LogP contribution in [0.4, 0.5) is 0 Å². The minimum atomic E-state index is 0.443. The molecule has 0 saturated heterocycles. The predicted octanol–water partition coefficient (Wildman–Crippen LogP) is 3.93. The number of aryl methyl sites for hydroxylation is 1. The third-order valence-corrected chi connectivity index (χ3v) is 4.72. The van der Waals surface area contributed by atoms with Gasteiger partial charge in [0.05, 0.1) is 19.1 Å². The summed E-state index contributed by atoms with van der Waals surface area (Å²) in [5.41, 5.74) is 8.03. The average molecular weight is 394 g/mol. The number of hydrogen-bond donors (Lipinski definition) is 1. The van der Waals surface area contributed by atoms with Gasteiger partial charge in [0, 0.05) is 24.7 Å². The number of ether oxygens (including phenoxy) is 1. The van der Waals surface area contributed by atoms with E-state index in [1.165, 1.54) is 17.3 Å². The molecule has 28 heavy (non-hydrogen) atoms. The van der Waals surface area contributed by atoms with Crippen molar-refractivity contribution in [2.24, 2.45) is 15.9 Å². The summed E-state index contributed by atoms with van der Waals surface area (Å²) >= 11 is 1.47. The van der Waals surface area contributed by atoms with Crippen LogP contribution in [0.2, 0.25) is 0 Å². The van der Waals surface area contributed by atoms with Crippen LogP contribution in [0.25, 0.3) is 0 Å². The molecule has 0 saturated carbocycles. The number of nitrogens with zero attached hydrogens (tertiary/aromatic N) is 4. The molecule has 1 heterocycles. The van der Waals surface area contributed by atoms with Crippen molar-refractivity contribution in [3.05, 3.63) is 84.4 Å². The maximum Gasteiger partial charge on any atom is 0.180 e. The highest BCUT2D eigenvalue weighted by Gasteiger charge is 1.97. The van der Waals surface area contributed by atoms with Crippen molar-refractivity contribution >= 4 is 23.1 Å². The minimum absolute atomic E-state index is 0.443. The summed E-state index contributed by atoms with van der Waals surface area (Å²) in [6.45, 7) is 1.55. The molecule has 0 aliphatic carbocycles. The molecular weight excluding hydrogens is 370 g/mol. The van der Waals surface area contributed by atoms with Crippen LogP contribution in [0.3, 0.4) is 0 Å². The largest absolute Gasteiger partial charge is 0.494 e. The van der Waals surface area contributed by atoms with Gasteiger partial charge in [-0.05, 0) is 41.8 Å². The van der Waals surface area contributed by atoms with Gasteiger partial charge in [-0.3, -0.25) is 0 Å². The highest BCUT2D eigenvalue weighted by atomic mass is 32.2. The summed E-state index contributed by atoms with van der Waals surface area (Å²) in [4.78, 5) is 4.02. The first-order valence-electron chi connectivity index (χ1n) is 9.01. The zero-order valence-electron chi connectivity index (χ0n) is 15.5. The van der Waals surface area contributed by atoms with Gasteiger partial charge in [0.2, 0.25) is 0 Å². The van der Waals surface area contributed by atoms with E-state index in [0.29, 0.717) is 11.8 Å². The normalized spacial score (nSPS) is 11.8. The Bertz CT molecular complexity index is 877. The van der Waals surface area contributed by atoms with E-state index in [1.54, 1.807) is 12.4 Å². The SMILES string of the molecule is NC(=NN=Cc1ccc(OCCCn2ccnc2)cc1)SCc1ccccc1. The number of rotatable bonds is 9. The highest BCUT2D eigenvalue weighted by molar-refractivity contribution is 8.13. The predicted molar refractivity (Wildman–Crippen MR) is 116 cm³/mol. The molecule has 0 aliphatic rings. The summed E-state index contributed by atoms with van der Waals surface area (Å²) in [5, 5.41) is 8.53. The molecule has 7 heteroatoms. The second kappa shape index (κ2) is 10.9. The van der Waals surface area contributed by atoms with Crippen LogP contribution >= 0.6 is 11.8 Å². The lowest BCUT2D eigenvalue weighted by Gasteiger charge is -2.06. The van der Waals surface area contributed by atoms with Crippen molar-refractivity contribution in [2.75, 3.05) is 6.61 Å². The summed E-state index contributed by atoms with van der Waals surface area (Å²) in [6, 6.07) is 17.9. The fraction of sp³-hybridized carbons (Fsp3) is 0.190. The lowest BCUT2D eigenvalue weighted by molar-refractivity contribution is 0.302. The minimum Gasteiger partial charge on any atom is -0.494 e. The van der Waals surface area contributed by atoms with Crippen LogP contribution in [0.1, 0.15) is 17.5 Å². The second-order valence-corrected chi connectivity index (χ2v) is 7.02. The van der Waals surface area contributed by atoms with Gasteiger partial charge >= 0.3 is 0 Å². The first-order valence-corrected chi connectivity index (χ1v) is 10.00. The molecule has 6 nitrogen and oxygen atoms in total. The smallest absolute Gasteiger partial charge is 0.180 e. The van der Waals surface area contributed by atoms with Crippen LogP contribution in [0.15, 0.2) is 83.5 Å². The van der Waals surface area contributed by atoms with Gasteiger partial charge in [0.1, 0.15) is 5.75 Å². The van der Waals surface area contributed by atoms with Crippen LogP contribution in [0.5, 0.6) is 5.75 Å². The lowest BCUT2D eigenvalue weighted by atomic mass is 10.2. The number of thioether (sulfide) groups is 1. The number of aromatic nitrogens is 2. The number of hydrogen-bond acceptors (Lipinski definition) is 5. The molecule has 3 aromatic rings. The van der Waals surface area contributed by atoms with Gasteiger partial charge in [-0.25, -0.2) is 4.98 Å². The van der Waals surface area contributed by atoms with Crippen LogP contribution in [-0.4, -0.2) is 27.5 Å². The van der Waals surface area contributed by atoms with Crippen molar-refractivity contribution < 1.29 is 4.74 Å². The number of imidazole rings is 1. The van der Waals surface area contributed by atoms with Crippen LogP contribution in [0, 0.1) is 0 Å². The van der Waals surface area contributed by atoms with E-state index in [4.69, 9.17) is 10.5 Å². The van der Waals surface area contributed by atoms with E-state index in [2.05, 4.69) is 27.3 Å². The van der Waals surface area contributed by atoms with Crippen molar-refractivity contribution in [1.29, 1.82) is 0 Å². The molecule has 0 fully saturated rings. The Hall–Kier alpha value is -3.06. The molecule has 0 atom stereocenters. The van der Waals surface area contributed by atoms with E-state index in [9.17, 15) is 0 Å². The quantitative estimate of drug-likeness (QED) is 0.259. The summed E-state index contributed by atoms with van der Waals surface area (Å²) < 4.78 is 7.78. The zero-order chi connectivity index (χ0) is 19.4. The zero-order valence-corrected chi connectivity index (χ0v) is 16.3. The third kappa shape index (κ3) is 6.92. The first-order chi connectivity index (χ1) is 13.8. The topological polar surface area (TPSA) is 77.8 Å². The molecule has 144 valence electrons. The van der Waals surface area contributed by atoms with Gasteiger partial charge in [-0.1, -0.05) is 42.1 Å². The molecule has 0 aliphatic heterocycles. The second-order valence-electron chi connectivity index (χ2n) is 6.03. The molecule has 2 N–H and O–H groups in total. The molecular formula is C21H23N5OS. The van der Waals surface area contributed by atoms with Gasteiger partial charge in [0.25, 0.3) is 0 Å². The number of amidine groups is 1. The van der Waals surface area contributed by atoms with Crippen molar-refractivity contribution in [2.45, 2.75) is 18.7 Å². The maximum absolute atomic E-state index is 5.89. The summed E-state index contributed by atoms with van der Waals surface area (Å²) in [7, 11) is 0. The van der Waals surface area contributed by atoms with Crippen molar-refractivity contribution in [3.63, 3.8) is 0 Å². The lowest BCUT2D eigenvalue weighted by Crippen LogP contribution is -2.06. The van der Waals surface area contributed by atoms with Gasteiger partial charge in [-0.2, -0.15) is 5.10 Å². The van der Waals surface area contributed by atoms with E-state index < -0.39 is 0 Å². The Morgan fingerprint density at radius 1 is 1.14 bits per heavy atom. The average Bonchev–Trinajstić information content (AvgIpc) is 3.25. The third-order valence-electron chi connectivity index (χ3n) is 3.86. The van der Waals surface area contributed by atoms with Crippen molar-refractivity contribution in [1.82, 2.24) is 9.55 Å². The Morgan fingerprint density at radius 3 is 2.71 bits per heavy atom. The number of benzene rings is 2. The Labute approximate surface area is 169 Å². The monoisotopic (exact) mass is 393 g/mol. The van der Waals surface area contributed by atoms with E-state index >= 15 is 0 Å². The van der Waals surface area contributed by atoms with Crippen LogP contribution < -0.4 is 10.5 Å². The molecule has 0 amide bonds. The molecule has 0 spiro atoms. The fourth-order valence-electron chi connectivity index (χ4n) is 2.42. The highest BCUT2D eigenvalue weighted by Crippen LogP contribution is 2.13. The van der Waals surface area contributed by atoms with E-state index in [0.717, 1.165) is 30.0 Å². The molecule has 2 aromatic carbocycles. The van der Waals surface area contributed by atoms with Gasteiger partial charge in [-0.15, -0.1) is 5.10 Å². The first kappa shape index (κ1) is 19.7. The summed E-state index contributed by atoms with van der Waals surface area (Å²) in [5.74, 6) is 1.61. The maximum atomic E-state index is 5.89. The molecule has 1 aromatic heterocycles. The molecule has 0 radical (unpaired) electrons. The van der Waals surface area contributed by atoms with E-state index in [1.807, 2.05) is 59.6 Å². The molecule has 0 unspecified atom stereocenters. The Morgan fingerprint density at radius 2 is 1.96 bits per heavy atom. The fourth-order valence-corrected chi connectivity index (χ4v) is 3.03. The standard InChI is InChI=1S/C21H23N5OS/c22-21(28-16-19-5-2-1-3-6-19)25-24-15-18-7-9-20(10-8-18)27-14-4-12-26-13-11-23-17-26/h1-3,5-11,13,15,17H,4,12,14,16H2,(H2,22,25). The van der Waals surface area contributed by atoms with Crippen molar-refractivity contribution in [3.8, 4) is 5.75 Å².